The van der Waals surface area contributed by atoms with E-state index < -0.39 is 12.2 Å². The van der Waals surface area contributed by atoms with Gasteiger partial charge < -0.3 is 15.5 Å². The fourth-order valence-corrected chi connectivity index (χ4v) is 2.62. The normalized spacial score (nSPS) is 15.2. The number of fused-ring (bicyclic) bond motifs is 1. The highest BCUT2D eigenvalue weighted by Crippen LogP contribution is 2.29. The molecule has 86 valence electrons. The first-order valence-electron chi connectivity index (χ1n) is 5.21. The van der Waals surface area contributed by atoms with E-state index in [0.29, 0.717) is 6.54 Å². The minimum atomic E-state index is -0.842. The third kappa shape index (κ3) is 2.10. The largest absolute Gasteiger partial charge is 0.389 e. The molecule has 2 atom stereocenters. The Hall–Kier alpha value is -0.940. The number of rotatable bonds is 4. The summed E-state index contributed by atoms with van der Waals surface area (Å²) >= 11 is 1.64. The number of thiophene rings is 1. The van der Waals surface area contributed by atoms with Crippen molar-refractivity contribution in [2.24, 2.45) is 0 Å². The van der Waals surface area contributed by atoms with E-state index in [-0.39, 0.29) is 0 Å². The molecule has 3 N–H and O–H groups in total. The number of aliphatic hydroxyl groups excluding tert-OH is 2. The predicted octanol–water partition coefficient (Wildman–Crippen LogP) is 1.51. The van der Waals surface area contributed by atoms with E-state index in [1.165, 1.54) is 0 Å². The average Bonchev–Trinajstić information content (AvgIpc) is 2.76. The molecule has 1 aromatic heterocycles. The van der Waals surface area contributed by atoms with Gasteiger partial charge in [-0.3, -0.25) is 0 Å². The van der Waals surface area contributed by atoms with Crippen LogP contribution in [0.3, 0.4) is 0 Å². The molecule has 1 heterocycles. The molecule has 2 rings (SSSR count). The van der Waals surface area contributed by atoms with Crippen LogP contribution in [0.15, 0.2) is 29.6 Å². The molecule has 0 radical (unpaired) electrons. The van der Waals surface area contributed by atoms with Crippen molar-refractivity contribution in [1.82, 2.24) is 5.32 Å². The molecule has 0 spiro atoms. The lowest BCUT2D eigenvalue weighted by molar-refractivity contribution is 0.0211. The number of nitrogens with one attached hydrogen (secondary N) is 1. The third-order valence-electron chi connectivity index (χ3n) is 2.63. The van der Waals surface area contributed by atoms with Gasteiger partial charge in [-0.05, 0) is 35.5 Å². The van der Waals surface area contributed by atoms with Gasteiger partial charge in [0.15, 0.2) is 0 Å². The molecule has 0 saturated carbocycles. The Bertz CT molecular complexity index is 469. The summed E-state index contributed by atoms with van der Waals surface area (Å²) in [6.07, 6.45) is -1.62. The average molecular weight is 237 g/mol. The Morgan fingerprint density at radius 2 is 2.12 bits per heavy atom. The Balaban J connectivity index is 2.35. The molecule has 2 unspecified atom stereocenters. The van der Waals surface area contributed by atoms with Crippen LogP contribution in [-0.2, 0) is 0 Å². The molecule has 2 aromatic rings. The predicted molar refractivity (Wildman–Crippen MR) is 66.7 cm³/mol. The summed E-state index contributed by atoms with van der Waals surface area (Å²) in [5, 5.41) is 25.7. The van der Waals surface area contributed by atoms with Crippen molar-refractivity contribution in [3.63, 3.8) is 0 Å². The van der Waals surface area contributed by atoms with Gasteiger partial charge in [-0.1, -0.05) is 12.1 Å². The molecule has 0 amide bonds. The highest BCUT2D eigenvalue weighted by molar-refractivity contribution is 7.17. The molecule has 0 aliphatic carbocycles. The maximum absolute atomic E-state index is 10.1. The monoisotopic (exact) mass is 237 g/mol. The van der Waals surface area contributed by atoms with Crippen molar-refractivity contribution < 1.29 is 10.2 Å². The second-order valence-electron chi connectivity index (χ2n) is 3.75. The number of likely N-dealkylation sites (N-methyl/N-ethyl adjacent to an activating group) is 1. The Morgan fingerprint density at radius 3 is 2.88 bits per heavy atom. The van der Waals surface area contributed by atoms with Crippen molar-refractivity contribution in [2.75, 3.05) is 13.6 Å². The van der Waals surface area contributed by atoms with Crippen LogP contribution < -0.4 is 5.32 Å². The highest BCUT2D eigenvalue weighted by atomic mass is 32.1. The first-order chi connectivity index (χ1) is 7.74. The molecule has 0 saturated heterocycles. The van der Waals surface area contributed by atoms with Crippen LogP contribution in [0.4, 0.5) is 0 Å². The lowest BCUT2D eigenvalue weighted by Gasteiger charge is -2.18. The van der Waals surface area contributed by atoms with Gasteiger partial charge in [0.25, 0.3) is 0 Å². The van der Waals surface area contributed by atoms with Gasteiger partial charge in [-0.2, -0.15) is 0 Å². The molecule has 3 nitrogen and oxygen atoms in total. The molecule has 0 bridgehead atoms. The van der Waals surface area contributed by atoms with Crippen LogP contribution in [0, 0.1) is 0 Å². The van der Waals surface area contributed by atoms with E-state index in [1.54, 1.807) is 18.4 Å². The summed E-state index contributed by atoms with van der Waals surface area (Å²) in [6, 6.07) is 7.76. The first kappa shape index (κ1) is 11.5. The second-order valence-corrected chi connectivity index (χ2v) is 4.70. The van der Waals surface area contributed by atoms with E-state index in [9.17, 15) is 10.2 Å². The fourth-order valence-electron chi connectivity index (χ4n) is 1.80. The van der Waals surface area contributed by atoms with Gasteiger partial charge in [0, 0.05) is 11.2 Å². The molecular weight excluding hydrogens is 222 g/mol. The Kier molecular flexibility index (Phi) is 3.56. The van der Waals surface area contributed by atoms with Gasteiger partial charge in [0.2, 0.25) is 0 Å². The SMILES string of the molecule is CNCC(O)C(O)c1cccc2sccc12. The van der Waals surface area contributed by atoms with Crippen LogP contribution in [0.5, 0.6) is 0 Å². The van der Waals surface area contributed by atoms with Gasteiger partial charge in [-0.25, -0.2) is 0 Å². The summed E-state index contributed by atoms with van der Waals surface area (Å²) in [5.74, 6) is 0. The second kappa shape index (κ2) is 4.93. The minimum absolute atomic E-state index is 0.377. The summed E-state index contributed by atoms with van der Waals surface area (Å²) in [5.41, 5.74) is 0.793. The molecule has 0 aliphatic heterocycles. The zero-order chi connectivity index (χ0) is 11.5. The van der Waals surface area contributed by atoms with Crippen molar-refractivity contribution in [1.29, 1.82) is 0 Å². The molecule has 1 aromatic carbocycles. The fraction of sp³-hybridized carbons (Fsp3) is 0.333. The van der Waals surface area contributed by atoms with Crippen molar-refractivity contribution in [3.8, 4) is 0 Å². The smallest absolute Gasteiger partial charge is 0.107 e. The van der Waals surface area contributed by atoms with Crippen LogP contribution in [-0.4, -0.2) is 29.9 Å². The lowest BCUT2D eigenvalue weighted by Crippen LogP contribution is -2.29. The van der Waals surface area contributed by atoms with E-state index in [1.807, 2.05) is 29.6 Å². The summed E-state index contributed by atoms with van der Waals surface area (Å²) in [7, 11) is 1.75. The Labute approximate surface area is 98.4 Å². The zero-order valence-electron chi connectivity index (χ0n) is 9.05. The number of aliphatic hydroxyl groups is 2. The molecule has 16 heavy (non-hydrogen) atoms. The van der Waals surface area contributed by atoms with E-state index in [2.05, 4.69) is 5.32 Å². The van der Waals surface area contributed by atoms with E-state index in [4.69, 9.17) is 0 Å². The van der Waals surface area contributed by atoms with Crippen molar-refractivity contribution in [3.05, 3.63) is 35.2 Å². The van der Waals surface area contributed by atoms with Crippen molar-refractivity contribution in [2.45, 2.75) is 12.2 Å². The molecule has 0 fully saturated rings. The lowest BCUT2D eigenvalue weighted by atomic mass is 10.0. The first-order valence-corrected chi connectivity index (χ1v) is 6.09. The maximum Gasteiger partial charge on any atom is 0.107 e. The zero-order valence-corrected chi connectivity index (χ0v) is 9.87. The number of benzene rings is 1. The maximum atomic E-state index is 10.1. The molecule has 4 heteroatoms. The molecular formula is C12H15NO2S. The standard InChI is InChI=1S/C12H15NO2S/c1-13-7-10(14)12(15)9-3-2-4-11-8(9)5-6-16-11/h2-6,10,12-15H,7H2,1H3. The summed E-state index contributed by atoms with van der Waals surface area (Å²) in [4.78, 5) is 0. The van der Waals surface area contributed by atoms with Crippen LogP contribution in [0.1, 0.15) is 11.7 Å². The van der Waals surface area contributed by atoms with Gasteiger partial charge in [-0.15, -0.1) is 11.3 Å². The summed E-state index contributed by atoms with van der Waals surface area (Å²) < 4.78 is 1.13. The number of hydrogen-bond acceptors (Lipinski definition) is 4. The van der Waals surface area contributed by atoms with Gasteiger partial charge in [0.1, 0.15) is 6.10 Å². The Morgan fingerprint density at radius 1 is 1.31 bits per heavy atom. The number of hydrogen-bond donors (Lipinski definition) is 3. The summed E-state index contributed by atoms with van der Waals surface area (Å²) in [6.45, 7) is 0.377. The van der Waals surface area contributed by atoms with Crippen LogP contribution in [0.25, 0.3) is 10.1 Å². The van der Waals surface area contributed by atoms with Crippen molar-refractivity contribution >= 4 is 21.4 Å². The minimum Gasteiger partial charge on any atom is -0.389 e. The van der Waals surface area contributed by atoms with Gasteiger partial charge in [0.05, 0.1) is 6.10 Å². The van der Waals surface area contributed by atoms with Gasteiger partial charge >= 0.3 is 0 Å². The van der Waals surface area contributed by atoms with Crippen LogP contribution >= 0.6 is 11.3 Å². The van der Waals surface area contributed by atoms with E-state index >= 15 is 0 Å². The molecule has 0 aliphatic rings. The highest BCUT2D eigenvalue weighted by Gasteiger charge is 2.19. The van der Waals surface area contributed by atoms with Crippen LogP contribution in [0.2, 0.25) is 0 Å². The third-order valence-corrected chi connectivity index (χ3v) is 3.51. The quantitative estimate of drug-likeness (QED) is 0.755. The topological polar surface area (TPSA) is 52.5 Å². The van der Waals surface area contributed by atoms with E-state index in [0.717, 1.165) is 15.6 Å².